The summed E-state index contributed by atoms with van der Waals surface area (Å²) in [6, 6.07) is 7.45. The van der Waals surface area contributed by atoms with Gasteiger partial charge >= 0.3 is 0 Å². The maximum absolute atomic E-state index is 12.8. The van der Waals surface area contributed by atoms with E-state index in [1.54, 1.807) is 12.1 Å². The van der Waals surface area contributed by atoms with E-state index in [4.69, 9.17) is 4.84 Å². The standard InChI is InChI=1S/C15H9N5O4/c1-24-18-12-10-7-8(20(22)23)4-5-11(10)19-14(12)17-13-9(15(19)21)3-2-6-16-13/h2-7H,1H3. The van der Waals surface area contributed by atoms with Gasteiger partial charge in [0.1, 0.15) is 7.11 Å². The minimum absolute atomic E-state index is 0.110. The average molecular weight is 323 g/mol. The number of benzene rings is 1. The molecule has 0 saturated carbocycles. The number of nitrogens with zero attached hydrogens (tertiary/aromatic N) is 5. The summed E-state index contributed by atoms with van der Waals surface area (Å²) < 4.78 is 1.36. The molecule has 9 nitrogen and oxygen atoms in total. The molecule has 3 heterocycles. The molecule has 1 aromatic carbocycles. The van der Waals surface area contributed by atoms with Crippen LogP contribution in [-0.4, -0.2) is 32.3 Å². The van der Waals surface area contributed by atoms with Crippen molar-refractivity contribution in [1.29, 1.82) is 0 Å². The van der Waals surface area contributed by atoms with Crippen LogP contribution in [0.3, 0.4) is 0 Å². The lowest BCUT2D eigenvalue weighted by molar-refractivity contribution is -0.384. The molecule has 118 valence electrons. The minimum Gasteiger partial charge on any atom is -0.399 e. The van der Waals surface area contributed by atoms with Crippen molar-refractivity contribution in [2.24, 2.45) is 5.16 Å². The zero-order chi connectivity index (χ0) is 16.8. The summed E-state index contributed by atoms with van der Waals surface area (Å²) in [6.45, 7) is 0. The Morgan fingerprint density at radius 1 is 1.33 bits per heavy atom. The van der Waals surface area contributed by atoms with Gasteiger partial charge in [0.2, 0.25) is 0 Å². The van der Waals surface area contributed by atoms with Crippen LogP contribution in [0.5, 0.6) is 0 Å². The van der Waals surface area contributed by atoms with Crippen LogP contribution in [0.15, 0.2) is 46.5 Å². The van der Waals surface area contributed by atoms with Crippen LogP contribution in [0, 0.1) is 10.1 Å². The summed E-state index contributed by atoms with van der Waals surface area (Å²) in [7, 11) is 1.35. The second kappa shape index (κ2) is 4.95. The molecule has 1 aliphatic heterocycles. The number of non-ortho nitro benzene ring substituents is 1. The third kappa shape index (κ3) is 1.81. The molecule has 1 aliphatic rings. The fourth-order valence-corrected chi connectivity index (χ4v) is 2.73. The van der Waals surface area contributed by atoms with Gasteiger partial charge in [-0.1, -0.05) is 5.16 Å². The molecule has 0 atom stereocenters. The van der Waals surface area contributed by atoms with Gasteiger partial charge in [-0.25, -0.2) is 9.97 Å². The number of rotatable bonds is 2. The molecule has 0 bridgehead atoms. The zero-order valence-corrected chi connectivity index (χ0v) is 12.3. The Balaban J connectivity index is 2.12. The Bertz CT molecular complexity index is 1100. The smallest absolute Gasteiger partial charge is 0.270 e. The van der Waals surface area contributed by atoms with Crippen LogP contribution >= 0.6 is 0 Å². The molecule has 0 N–H and O–H groups in total. The van der Waals surface area contributed by atoms with E-state index in [9.17, 15) is 14.9 Å². The topological polar surface area (TPSA) is 113 Å². The molecular weight excluding hydrogens is 314 g/mol. The summed E-state index contributed by atoms with van der Waals surface area (Å²) in [6.07, 6.45) is 1.53. The Kier molecular flexibility index (Phi) is 2.89. The quantitative estimate of drug-likeness (QED) is 0.407. The highest BCUT2D eigenvalue weighted by Crippen LogP contribution is 2.29. The highest BCUT2D eigenvalue weighted by Gasteiger charge is 2.31. The molecule has 2 aromatic heterocycles. The van der Waals surface area contributed by atoms with Crippen molar-refractivity contribution in [3.63, 3.8) is 0 Å². The van der Waals surface area contributed by atoms with E-state index in [0.29, 0.717) is 16.6 Å². The van der Waals surface area contributed by atoms with Crippen molar-refractivity contribution < 1.29 is 9.76 Å². The van der Waals surface area contributed by atoms with Gasteiger partial charge in [0, 0.05) is 23.9 Å². The number of oxime groups is 1. The maximum atomic E-state index is 12.8. The van der Waals surface area contributed by atoms with Gasteiger partial charge in [-0.3, -0.25) is 19.5 Å². The largest absolute Gasteiger partial charge is 0.399 e. The number of pyridine rings is 1. The van der Waals surface area contributed by atoms with E-state index in [-0.39, 0.29) is 28.4 Å². The number of nitro benzene ring substituents is 1. The molecule has 3 aromatic rings. The fourth-order valence-electron chi connectivity index (χ4n) is 2.73. The van der Waals surface area contributed by atoms with Crippen LogP contribution in [-0.2, 0) is 4.84 Å². The van der Waals surface area contributed by atoms with Gasteiger partial charge in [-0.2, -0.15) is 0 Å². The van der Waals surface area contributed by atoms with Gasteiger partial charge in [-0.15, -0.1) is 0 Å². The minimum atomic E-state index is -0.512. The Morgan fingerprint density at radius 3 is 2.92 bits per heavy atom. The lowest BCUT2D eigenvalue weighted by Crippen LogP contribution is -2.22. The van der Waals surface area contributed by atoms with Crippen LogP contribution in [0.25, 0.3) is 16.7 Å². The summed E-state index contributed by atoms with van der Waals surface area (Å²) in [4.78, 5) is 36.6. The highest BCUT2D eigenvalue weighted by molar-refractivity contribution is 6.16. The molecule has 0 amide bonds. The van der Waals surface area contributed by atoms with Crippen molar-refractivity contribution in [3.8, 4) is 5.69 Å². The predicted octanol–water partition coefficient (Wildman–Crippen LogP) is 1.40. The molecule has 24 heavy (non-hydrogen) atoms. The monoisotopic (exact) mass is 323 g/mol. The van der Waals surface area contributed by atoms with E-state index in [1.165, 1.54) is 36.1 Å². The molecule has 9 heteroatoms. The average Bonchev–Trinajstić information content (AvgIpc) is 2.89. The first-order chi connectivity index (χ1) is 11.6. The SMILES string of the molecule is CON=C1c2cc([N+](=O)[O-])ccc2-n2c1nc1ncccc1c2=O. The second-order valence-electron chi connectivity index (χ2n) is 5.03. The number of nitro groups is 1. The second-order valence-corrected chi connectivity index (χ2v) is 5.03. The van der Waals surface area contributed by atoms with Crippen molar-refractivity contribution in [1.82, 2.24) is 14.5 Å². The summed E-state index contributed by atoms with van der Waals surface area (Å²) >= 11 is 0. The van der Waals surface area contributed by atoms with E-state index >= 15 is 0 Å². The van der Waals surface area contributed by atoms with Crippen LogP contribution < -0.4 is 5.56 Å². The Hall–Kier alpha value is -3.62. The predicted molar refractivity (Wildman–Crippen MR) is 84.4 cm³/mol. The van der Waals surface area contributed by atoms with Crippen LogP contribution in [0.4, 0.5) is 5.69 Å². The van der Waals surface area contributed by atoms with Crippen molar-refractivity contribution in [2.45, 2.75) is 0 Å². The molecule has 0 spiro atoms. The molecular formula is C15H9N5O4. The molecule has 0 fully saturated rings. The third-order valence-electron chi connectivity index (χ3n) is 3.73. The first kappa shape index (κ1) is 14.0. The summed E-state index contributed by atoms with van der Waals surface area (Å²) in [5.74, 6) is 0.239. The lowest BCUT2D eigenvalue weighted by Gasteiger charge is -2.04. The lowest BCUT2D eigenvalue weighted by atomic mass is 10.1. The first-order valence-corrected chi connectivity index (χ1v) is 6.90. The number of fused-ring (bicyclic) bond motifs is 4. The van der Waals surface area contributed by atoms with Gasteiger partial charge in [0.15, 0.2) is 17.2 Å². The number of hydrogen-bond acceptors (Lipinski definition) is 7. The van der Waals surface area contributed by atoms with E-state index in [2.05, 4.69) is 15.1 Å². The first-order valence-electron chi connectivity index (χ1n) is 6.90. The van der Waals surface area contributed by atoms with E-state index in [0.717, 1.165) is 0 Å². The van der Waals surface area contributed by atoms with Crippen molar-refractivity contribution in [3.05, 3.63) is 68.4 Å². The van der Waals surface area contributed by atoms with Crippen LogP contribution in [0.2, 0.25) is 0 Å². The molecule has 0 saturated heterocycles. The van der Waals surface area contributed by atoms with Gasteiger partial charge in [-0.05, 0) is 18.2 Å². The number of hydrogen-bond donors (Lipinski definition) is 0. The molecule has 4 rings (SSSR count). The van der Waals surface area contributed by atoms with E-state index in [1.807, 2.05) is 0 Å². The normalized spacial score (nSPS) is 13.8. The van der Waals surface area contributed by atoms with E-state index < -0.39 is 4.92 Å². The van der Waals surface area contributed by atoms with Crippen LogP contribution in [0.1, 0.15) is 11.4 Å². The molecule has 0 radical (unpaired) electrons. The van der Waals surface area contributed by atoms with Gasteiger partial charge in [0.25, 0.3) is 11.2 Å². The van der Waals surface area contributed by atoms with Gasteiger partial charge < -0.3 is 4.84 Å². The van der Waals surface area contributed by atoms with Crippen molar-refractivity contribution >= 4 is 22.4 Å². The fraction of sp³-hybridized carbons (Fsp3) is 0.0667. The van der Waals surface area contributed by atoms with Gasteiger partial charge in [0.05, 0.1) is 16.0 Å². The molecule has 0 aliphatic carbocycles. The Labute approximate surface area is 134 Å². The summed E-state index contributed by atoms with van der Waals surface area (Å²) in [5.41, 5.74) is 0.974. The maximum Gasteiger partial charge on any atom is 0.270 e. The van der Waals surface area contributed by atoms with Crippen molar-refractivity contribution in [2.75, 3.05) is 7.11 Å². The zero-order valence-electron chi connectivity index (χ0n) is 12.3. The highest BCUT2D eigenvalue weighted by atomic mass is 16.6. The molecule has 0 unspecified atom stereocenters. The Morgan fingerprint density at radius 2 is 2.17 bits per heavy atom. The summed E-state index contributed by atoms with van der Waals surface area (Å²) in [5, 5.41) is 15.3. The number of aromatic nitrogens is 3. The third-order valence-corrected chi connectivity index (χ3v) is 3.73.